The Balaban J connectivity index is 1.62. The zero-order chi connectivity index (χ0) is 24.5. The van der Waals surface area contributed by atoms with Crippen LogP contribution in [0.25, 0.3) is 21.9 Å². The first-order chi connectivity index (χ1) is 17.0. The molecule has 2 heterocycles. The number of hydrazone groups is 1. The predicted molar refractivity (Wildman–Crippen MR) is 137 cm³/mol. The number of imidazole rings is 1. The molecule has 5 rings (SSSR count). The molecule has 0 bridgehead atoms. The summed E-state index contributed by atoms with van der Waals surface area (Å²) in [5, 5.41) is 6.51. The van der Waals surface area contributed by atoms with Gasteiger partial charge in [0.1, 0.15) is 5.75 Å². The molecule has 0 aliphatic heterocycles. The van der Waals surface area contributed by atoms with E-state index < -0.39 is 11.2 Å². The fraction of sp³-hybridized carbons (Fsp3) is 0.154. The van der Waals surface area contributed by atoms with Crippen molar-refractivity contribution in [3.8, 4) is 5.75 Å². The standard InChI is InChI=1S/C26H24N6O3/c1-30-23-22(24(33)31(2)26(30)34)32(16-19-9-6-8-18-7-4-5-10-21(18)19)25(28-23)29-27-15-17-11-13-20(35-3)14-12-17/h4-15H,16H2,1-3H3,(H,28,29)/b27-15+. The molecule has 0 spiro atoms. The molecule has 3 aromatic carbocycles. The Hall–Kier alpha value is -4.66. The number of hydrogen-bond acceptors (Lipinski definition) is 6. The maximum absolute atomic E-state index is 13.2. The van der Waals surface area contributed by atoms with Gasteiger partial charge >= 0.3 is 5.69 Å². The molecule has 176 valence electrons. The van der Waals surface area contributed by atoms with Gasteiger partial charge in [-0.1, -0.05) is 42.5 Å². The molecule has 9 nitrogen and oxygen atoms in total. The van der Waals surface area contributed by atoms with Gasteiger partial charge in [-0.15, -0.1) is 0 Å². The first-order valence-electron chi connectivity index (χ1n) is 11.0. The van der Waals surface area contributed by atoms with Gasteiger partial charge in [0.15, 0.2) is 11.2 Å². The molecule has 5 aromatic rings. The van der Waals surface area contributed by atoms with Crippen molar-refractivity contribution in [3.05, 3.63) is 98.7 Å². The molecule has 0 unspecified atom stereocenters. The number of hydrogen-bond donors (Lipinski definition) is 1. The number of nitrogens with one attached hydrogen (secondary N) is 1. The Morgan fingerprint density at radius 1 is 0.971 bits per heavy atom. The van der Waals surface area contributed by atoms with E-state index in [4.69, 9.17) is 4.74 Å². The van der Waals surface area contributed by atoms with Crippen LogP contribution in [0, 0.1) is 0 Å². The van der Waals surface area contributed by atoms with Gasteiger partial charge in [-0.25, -0.2) is 10.2 Å². The van der Waals surface area contributed by atoms with Crippen molar-refractivity contribution in [1.29, 1.82) is 0 Å². The van der Waals surface area contributed by atoms with Crippen molar-refractivity contribution < 1.29 is 4.74 Å². The molecule has 0 saturated carbocycles. The molecule has 2 aromatic heterocycles. The van der Waals surface area contributed by atoms with Crippen LogP contribution in [-0.4, -0.2) is 32.0 Å². The number of aryl methyl sites for hydroxylation is 1. The van der Waals surface area contributed by atoms with E-state index in [0.717, 1.165) is 32.2 Å². The predicted octanol–water partition coefficient (Wildman–Crippen LogP) is 3.09. The Kier molecular flexibility index (Phi) is 5.66. The Morgan fingerprint density at radius 3 is 2.49 bits per heavy atom. The van der Waals surface area contributed by atoms with Crippen LogP contribution in [0.3, 0.4) is 0 Å². The summed E-state index contributed by atoms with van der Waals surface area (Å²) in [6.07, 6.45) is 1.65. The summed E-state index contributed by atoms with van der Waals surface area (Å²) in [5.74, 6) is 1.11. The smallest absolute Gasteiger partial charge is 0.332 e. The minimum atomic E-state index is -0.439. The second kappa shape index (κ2) is 8.94. The molecule has 0 fully saturated rings. The largest absolute Gasteiger partial charge is 0.497 e. The number of fused-ring (bicyclic) bond motifs is 2. The quantitative estimate of drug-likeness (QED) is 0.305. The van der Waals surface area contributed by atoms with Gasteiger partial charge in [-0.2, -0.15) is 10.1 Å². The molecular formula is C26H24N6O3. The van der Waals surface area contributed by atoms with Crippen LogP contribution in [0.2, 0.25) is 0 Å². The van der Waals surface area contributed by atoms with E-state index in [1.807, 2.05) is 66.7 Å². The fourth-order valence-corrected chi connectivity index (χ4v) is 4.14. The van der Waals surface area contributed by atoms with E-state index >= 15 is 0 Å². The molecule has 0 amide bonds. The van der Waals surface area contributed by atoms with Gasteiger partial charge in [0.25, 0.3) is 5.56 Å². The summed E-state index contributed by atoms with van der Waals surface area (Å²) < 4.78 is 9.42. The summed E-state index contributed by atoms with van der Waals surface area (Å²) in [6, 6.07) is 21.6. The third-order valence-corrected chi connectivity index (χ3v) is 6.05. The van der Waals surface area contributed by atoms with Crippen molar-refractivity contribution >= 4 is 34.1 Å². The van der Waals surface area contributed by atoms with Gasteiger partial charge in [0.2, 0.25) is 5.95 Å². The molecule has 0 radical (unpaired) electrons. The molecule has 0 atom stereocenters. The minimum absolute atomic E-state index is 0.292. The number of aromatic nitrogens is 4. The van der Waals surface area contributed by atoms with E-state index in [9.17, 15) is 9.59 Å². The summed E-state index contributed by atoms with van der Waals surface area (Å²) in [4.78, 5) is 30.3. The third-order valence-electron chi connectivity index (χ3n) is 6.05. The number of benzene rings is 3. The molecule has 9 heteroatoms. The van der Waals surface area contributed by atoms with Crippen LogP contribution in [0.15, 0.2) is 81.4 Å². The van der Waals surface area contributed by atoms with Crippen molar-refractivity contribution in [2.24, 2.45) is 19.2 Å². The van der Waals surface area contributed by atoms with Gasteiger partial charge in [0.05, 0.1) is 19.9 Å². The summed E-state index contributed by atoms with van der Waals surface area (Å²) in [5.41, 5.74) is 4.60. The van der Waals surface area contributed by atoms with Crippen LogP contribution in [-0.2, 0) is 20.6 Å². The molecule has 0 saturated heterocycles. The van der Waals surface area contributed by atoms with Crippen LogP contribution >= 0.6 is 0 Å². The van der Waals surface area contributed by atoms with E-state index in [1.165, 1.54) is 11.6 Å². The Labute approximate surface area is 200 Å². The zero-order valence-corrected chi connectivity index (χ0v) is 19.6. The SMILES string of the molecule is COc1ccc(/C=N/Nc2nc3c(c(=O)n(C)c(=O)n3C)n2Cc2cccc3ccccc23)cc1. The van der Waals surface area contributed by atoms with Crippen molar-refractivity contribution in [2.45, 2.75) is 6.54 Å². The highest BCUT2D eigenvalue weighted by Gasteiger charge is 2.19. The molecule has 0 aliphatic rings. The van der Waals surface area contributed by atoms with Gasteiger partial charge in [-0.3, -0.25) is 18.5 Å². The molecule has 0 aliphatic carbocycles. The highest BCUT2D eigenvalue weighted by atomic mass is 16.5. The van der Waals surface area contributed by atoms with E-state index in [0.29, 0.717) is 23.7 Å². The first kappa shape index (κ1) is 22.1. The molecule has 1 N–H and O–H groups in total. The Bertz CT molecular complexity index is 1690. The second-order valence-corrected chi connectivity index (χ2v) is 8.18. The highest BCUT2D eigenvalue weighted by molar-refractivity contribution is 5.86. The van der Waals surface area contributed by atoms with Crippen molar-refractivity contribution in [3.63, 3.8) is 0 Å². The lowest BCUT2D eigenvalue weighted by molar-refractivity contribution is 0.415. The fourth-order valence-electron chi connectivity index (χ4n) is 4.14. The van der Waals surface area contributed by atoms with Gasteiger partial charge < -0.3 is 4.74 Å². The topological polar surface area (TPSA) is 95.4 Å². The molecule has 35 heavy (non-hydrogen) atoms. The van der Waals surface area contributed by atoms with Crippen molar-refractivity contribution in [1.82, 2.24) is 18.7 Å². The summed E-state index contributed by atoms with van der Waals surface area (Å²) in [6.45, 7) is 0.367. The van der Waals surface area contributed by atoms with Crippen LogP contribution in [0.4, 0.5) is 5.95 Å². The maximum Gasteiger partial charge on any atom is 0.332 e. The van der Waals surface area contributed by atoms with Gasteiger partial charge in [0, 0.05) is 14.1 Å². The lowest BCUT2D eigenvalue weighted by Gasteiger charge is -2.11. The minimum Gasteiger partial charge on any atom is -0.497 e. The maximum atomic E-state index is 13.2. The number of ether oxygens (including phenoxy) is 1. The first-order valence-corrected chi connectivity index (χ1v) is 11.0. The monoisotopic (exact) mass is 468 g/mol. The average molecular weight is 469 g/mol. The van der Waals surface area contributed by atoms with Crippen LogP contribution in [0.5, 0.6) is 5.75 Å². The number of methoxy groups -OCH3 is 1. The number of nitrogens with zero attached hydrogens (tertiary/aromatic N) is 5. The van der Waals surface area contributed by atoms with Crippen LogP contribution < -0.4 is 21.4 Å². The third kappa shape index (κ3) is 3.97. The average Bonchev–Trinajstić information content (AvgIpc) is 3.25. The van der Waals surface area contributed by atoms with E-state index in [1.54, 1.807) is 24.9 Å². The summed E-state index contributed by atoms with van der Waals surface area (Å²) >= 11 is 0. The van der Waals surface area contributed by atoms with Crippen molar-refractivity contribution in [2.75, 3.05) is 12.5 Å². The number of rotatable bonds is 6. The normalized spacial score (nSPS) is 11.5. The van der Waals surface area contributed by atoms with Crippen LogP contribution in [0.1, 0.15) is 11.1 Å². The summed E-state index contributed by atoms with van der Waals surface area (Å²) in [7, 11) is 4.68. The highest BCUT2D eigenvalue weighted by Crippen LogP contribution is 2.23. The molecular weight excluding hydrogens is 444 g/mol. The number of anilines is 1. The van der Waals surface area contributed by atoms with E-state index in [-0.39, 0.29) is 0 Å². The lowest BCUT2D eigenvalue weighted by Crippen LogP contribution is -2.37. The zero-order valence-electron chi connectivity index (χ0n) is 19.6. The van der Waals surface area contributed by atoms with E-state index in [2.05, 4.69) is 15.5 Å². The Morgan fingerprint density at radius 2 is 1.71 bits per heavy atom. The van der Waals surface area contributed by atoms with Gasteiger partial charge in [-0.05, 0) is 46.2 Å². The lowest BCUT2D eigenvalue weighted by atomic mass is 10.0. The second-order valence-electron chi connectivity index (χ2n) is 8.18.